The van der Waals surface area contributed by atoms with Gasteiger partial charge in [-0.15, -0.1) is 0 Å². The number of hydrogen-bond donors (Lipinski definition) is 1. The van der Waals surface area contributed by atoms with Gasteiger partial charge in [0.1, 0.15) is 22.6 Å². The minimum absolute atomic E-state index is 0.294. The molecule has 0 bridgehead atoms. The molecule has 0 aliphatic carbocycles. The monoisotopic (exact) mass is 265 g/mol. The molecule has 0 radical (unpaired) electrons. The van der Waals surface area contributed by atoms with E-state index in [4.69, 9.17) is 11.6 Å². The molecule has 1 aromatic heterocycles. The van der Waals surface area contributed by atoms with Crippen LogP contribution in [0.15, 0.2) is 18.2 Å². The fourth-order valence-corrected chi connectivity index (χ4v) is 1.78. The van der Waals surface area contributed by atoms with Crippen LogP contribution in [0.5, 0.6) is 0 Å². The number of nitrogens with one attached hydrogen (secondary N) is 1. The van der Waals surface area contributed by atoms with Gasteiger partial charge in [0.15, 0.2) is 0 Å². The lowest BCUT2D eigenvalue weighted by molar-refractivity contribution is 0.628. The number of anilines is 2. The molecule has 94 valence electrons. The molecular formula is C13H13ClFN3. The van der Waals surface area contributed by atoms with Crippen molar-refractivity contribution in [2.75, 3.05) is 5.32 Å². The molecule has 0 unspecified atom stereocenters. The Hall–Kier alpha value is -1.68. The zero-order chi connectivity index (χ0) is 13.3. The molecule has 2 aromatic rings. The summed E-state index contributed by atoms with van der Waals surface area (Å²) in [6.07, 6.45) is 0. The maximum absolute atomic E-state index is 13.2. The van der Waals surface area contributed by atoms with E-state index in [0.29, 0.717) is 22.5 Å². The highest BCUT2D eigenvalue weighted by atomic mass is 35.5. The number of aromatic nitrogens is 2. The van der Waals surface area contributed by atoms with Gasteiger partial charge in [0, 0.05) is 11.3 Å². The second kappa shape index (κ2) is 4.90. The molecular weight excluding hydrogens is 253 g/mol. The Balaban J connectivity index is 2.43. The summed E-state index contributed by atoms with van der Waals surface area (Å²) >= 11 is 5.99. The van der Waals surface area contributed by atoms with Crippen LogP contribution in [0.25, 0.3) is 0 Å². The first-order valence-corrected chi connectivity index (χ1v) is 5.89. The lowest BCUT2D eigenvalue weighted by Gasteiger charge is -2.12. The van der Waals surface area contributed by atoms with E-state index in [9.17, 15) is 4.39 Å². The fraction of sp³-hybridized carbons (Fsp3) is 0.231. The van der Waals surface area contributed by atoms with Gasteiger partial charge in [-0.1, -0.05) is 17.7 Å². The first-order valence-electron chi connectivity index (χ1n) is 5.51. The van der Waals surface area contributed by atoms with Crippen molar-refractivity contribution in [1.82, 2.24) is 9.97 Å². The van der Waals surface area contributed by atoms with Crippen LogP contribution in [0.3, 0.4) is 0 Å². The van der Waals surface area contributed by atoms with Crippen LogP contribution >= 0.6 is 11.6 Å². The van der Waals surface area contributed by atoms with E-state index in [1.54, 1.807) is 13.0 Å². The smallest absolute Gasteiger partial charge is 0.138 e. The molecule has 0 saturated carbocycles. The van der Waals surface area contributed by atoms with Gasteiger partial charge in [0.2, 0.25) is 0 Å². The molecule has 0 amide bonds. The van der Waals surface area contributed by atoms with Gasteiger partial charge in [-0.25, -0.2) is 14.4 Å². The second-order valence-corrected chi connectivity index (χ2v) is 4.48. The summed E-state index contributed by atoms with van der Waals surface area (Å²) in [5, 5.41) is 3.49. The largest absolute Gasteiger partial charge is 0.340 e. The van der Waals surface area contributed by atoms with Gasteiger partial charge in [0.05, 0.1) is 0 Å². The number of benzene rings is 1. The highest BCUT2D eigenvalue weighted by molar-refractivity contribution is 6.30. The third-order valence-electron chi connectivity index (χ3n) is 2.65. The molecule has 3 nitrogen and oxygen atoms in total. The minimum atomic E-state index is -0.294. The average molecular weight is 266 g/mol. The molecule has 2 rings (SSSR count). The summed E-state index contributed by atoms with van der Waals surface area (Å²) in [4.78, 5) is 8.33. The number of nitrogens with zero attached hydrogens (tertiary/aromatic N) is 2. The van der Waals surface area contributed by atoms with Crippen molar-refractivity contribution in [2.45, 2.75) is 20.8 Å². The van der Waals surface area contributed by atoms with E-state index in [-0.39, 0.29) is 5.82 Å². The maximum atomic E-state index is 13.2. The second-order valence-electron chi connectivity index (χ2n) is 4.12. The summed E-state index contributed by atoms with van der Waals surface area (Å²) in [6.45, 7) is 5.47. The van der Waals surface area contributed by atoms with Crippen LogP contribution in [0.4, 0.5) is 15.9 Å². The Bertz CT molecular complexity index is 599. The Morgan fingerprint density at radius 2 is 1.89 bits per heavy atom. The van der Waals surface area contributed by atoms with Crippen molar-refractivity contribution in [1.29, 1.82) is 0 Å². The van der Waals surface area contributed by atoms with Gasteiger partial charge in [-0.3, -0.25) is 0 Å². The highest BCUT2D eigenvalue weighted by Gasteiger charge is 2.09. The summed E-state index contributed by atoms with van der Waals surface area (Å²) in [7, 11) is 0. The lowest BCUT2D eigenvalue weighted by Crippen LogP contribution is -2.02. The number of rotatable bonds is 2. The SMILES string of the molecule is Cc1nc(Cl)c(C)c(Nc2cc(F)ccc2C)n1. The normalized spacial score (nSPS) is 10.5. The van der Waals surface area contributed by atoms with Gasteiger partial charge < -0.3 is 5.32 Å². The quantitative estimate of drug-likeness (QED) is 0.836. The number of aryl methyl sites for hydroxylation is 2. The third-order valence-corrected chi connectivity index (χ3v) is 3.02. The van der Waals surface area contributed by atoms with Crippen molar-refractivity contribution in [3.8, 4) is 0 Å². The van der Waals surface area contributed by atoms with E-state index in [1.165, 1.54) is 12.1 Å². The topological polar surface area (TPSA) is 37.8 Å². The van der Waals surface area contributed by atoms with Crippen LogP contribution in [-0.2, 0) is 0 Å². The third kappa shape index (κ3) is 2.59. The van der Waals surface area contributed by atoms with Crippen molar-refractivity contribution in [3.05, 3.63) is 46.1 Å². The summed E-state index contributed by atoms with van der Waals surface area (Å²) in [6, 6.07) is 4.56. The molecule has 0 aliphatic rings. The summed E-state index contributed by atoms with van der Waals surface area (Å²) in [5.41, 5.74) is 2.35. The lowest BCUT2D eigenvalue weighted by atomic mass is 10.2. The molecule has 0 spiro atoms. The van der Waals surface area contributed by atoms with Crippen molar-refractivity contribution < 1.29 is 4.39 Å². The molecule has 0 atom stereocenters. The molecule has 0 aliphatic heterocycles. The Morgan fingerprint density at radius 3 is 2.61 bits per heavy atom. The van der Waals surface area contributed by atoms with Crippen molar-refractivity contribution >= 4 is 23.1 Å². The van der Waals surface area contributed by atoms with E-state index in [1.807, 2.05) is 13.8 Å². The zero-order valence-electron chi connectivity index (χ0n) is 10.4. The van der Waals surface area contributed by atoms with Crippen molar-refractivity contribution in [3.63, 3.8) is 0 Å². The molecule has 1 heterocycles. The minimum Gasteiger partial charge on any atom is -0.340 e. The van der Waals surface area contributed by atoms with Crippen LogP contribution in [-0.4, -0.2) is 9.97 Å². The summed E-state index contributed by atoms with van der Waals surface area (Å²) < 4.78 is 13.2. The van der Waals surface area contributed by atoms with Gasteiger partial charge in [-0.05, 0) is 38.5 Å². The van der Waals surface area contributed by atoms with Gasteiger partial charge >= 0.3 is 0 Å². The highest BCUT2D eigenvalue weighted by Crippen LogP contribution is 2.25. The van der Waals surface area contributed by atoms with Crippen LogP contribution in [0.1, 0.15) is 17.0 Å². The Morgan fingerprint density at radius 1 is 1.17 bits per heavy atom. The predicted molar refractivity (Wildman–Crippen MR) is 70.9 cm³/mol. The molecule has 1 N–H and O–H groups in total. The first kappa shape index (κ1) is 12.8. The van der Waals surface area contributed by atoms with Crippen LogP contribution in [0, 0.1) is 26.6 Å². The zero-order valence-corrected chi connectivity index (χ0v) is 11.1. The van der Waals surface area contributed by atoms with Gasteiger partial charge in [-0.2, -0.15) is 0 Å². The van der Waals surface area contributed by atoms with Gasteiger partial charge in [0.25, 0.3) is 0 Å². The van der Waals surface area contributed by atoms with E-state index in [2.05, 4.69) is 15.3 Å². The van der Waals surface area contributed by atoms with E-state index in [0.717, 1.165) is 11.1 Å². The number of halogens is 2. The predicted octanol–water partition coefficient (Wildman–Crippen LogP) is 3.94. The molecule has 18 heavy (non-hydrogen) atoms. The molecule has 1 aromatic carbocycles. The number of hydrogen-bond acceptors (Lipinski definition) is 3. The molecule has 0 fully saturated rings. The van der Waals surface area contributed by atoms with Crippen LogP contribution in [0.2, 0.25) is 5.15 Å². The maximum Gasteiger partial charge on any atom is 0.138 e. The standard InChI is InChI=1S/C13H13ClFN3/c1-7-4-5-10(15)6-11(7)18-13-8(2)12(14)16-9(3)17-13/h4-6H,1-3H3,(H,16,17,18). The molecule has 0 saturated heterocycles. The Kier molecular flexibility index (Phi) is 3.48. The van der Waals surface area contributed by atoms with Crippen molar-refractivity contribution in [2.24, 2.45) is 0 Å². The average Bonchev–Trinajstić information content (AvgIpc) is 2.30. The van der Waals surface area contributed by atoms with Crippen LogP contribution < -0.4 is 5.32 Å². The summed E-state index contributed by atoms with van der Waals surface area (Å²) in [5.74, 6) is 0.876. The Labute approximate surface area is 110 Å². The van der Waals surface area contributed by atoms with E-state index >= 15 is 0 Å². The van der Waals surface area contributed by atoms with E-state index < -0.39 is 0 Å². The first-order chi connectivity index (χ1) is 8.47. The fourth-order valence-electron chi connectivity index (χ4n) is 1.57. The molecule has 5 heteroatoms.